The molecule has 1 unspecified atom stereocenters. The van der Waals surface area contributed by atoms with E-state index in [1.807, 2.05) is 50.4 Å². The fourth-order valence-corrected chi connectivity index (χ4v) is 3.94. The Morgan fingerprint density at radius 1 is 1.25 bits per heavy atom. The van der Waals surface area contributed by atoms with Gasteiger partial charge in [-0.3, -0.25) is 4.99 Å². The number of hydrogen-bond acceptors (Lipinski definition) is 4. The van der Waals surface area contributed by atoms with Crippen LogP contribution in [0.4, 0.5) is 0 Å². The van der Waals surface area contributed by atoms with Crippen molar-refractivity contribution >= 4 is 34.8 Å². The minimum atomic E-state index is -0.832. The van der Waals surface area contributed by atoms with Crippen molar-refractivity contribution in [3.8, 4) is 0 Å². The Hall–Kier alpha value is -1.62. The summed E-state index contributed by atoms with van der Waals surface area (Å²) >= 11 is 7.73. The molecular weight excluding hydrogens is 340 g/mol. The molecule has 1 aromatic heterocycles. The molecule has 1 N–H and O–H groups in total. The monoisotopic (exact) mass is 360 g/mol. The largest absolute Gasteiger partial charge is 0.389 e. The van der Waals surface area contributed by atoms with Crippen molar-refractivity contribution in [2.45, 2.75) is 32.5 Å². The number of allylic oxidation sites excluding steroid dienone is 1. The smallest absolute Gasteiger partial charge is 0.156 e. The Kier molecular flexibility index (Phi) is 4.81. The first kappa shape index (κ1) is 17.2. The average molecular weight is 361 g/mol. The molecule has 24 heavy (non-hydrogen) atoms. The second kappa shape index (κ2) is 6.71. The fraction of sp³-hybridized carbons (Fsp3) is 0.316. The SMILES string of the molecule is Cc1ccsc1C1N=CC=C(c2ccc(Cl)cc2)N1CC(C)(C)O. The predicted molar refractivity (Wildman–Crippen MR) is 103 cm³/mol. The van der Waals surface area contributed by atoms with Crippen LogP contribution in [0.15, 0.2) is 46.8 Å². The van der Waals surface area contributed by atoms with Crippen molar-refractivity contribution in [1.82, 2.24) is 4.90 Å². The minimum absolute atomic E-state index is 0.118. The molecule has 0 amide bonds. The van der Waals surface area contributed by atoms with E-state index in [0.717, 1.165) is 11.3 Å². The van der Waals surface area contributed by atoms with Gasteiger partial charge in [0.15, 0.2) is 6.17 Å². The van der Waals surface area contributed by atoms with E-state index in [4.69, 9.17) is 11.6 Å². The summed E-state index contributed by atoms with van der Waals surface area (Å²) in [5.41, 5.74) is 2.50. The Balaban J connectivity index is 2.03. The summed E-state index contributed by atoms with van der Waals surface area (Å²) in [5.74, 6) is 0. The van der Waals surface area contributed by atoms with Crippen molar-refractivity contribution in [3.63, 3.8) is 0 Å². The standard InChI is InChI=1S/C19H21ClN2OS/c1-13-9-11-24-17(13)18-21-10-8-16(22(18)12-19(2,3)23)14-4-6-15(20)7-5-14/h4-11,18,23H,12H2,1-3H3. The first-order valence-corrected chi connectivity index (χ1v) is 9.13. The number of benzene rings is 1. The van der Waals surface area contributed by atoms with Crippen LogP contribution in [0.2, 0.25) is 5.02 Å². The maximum Gasteiger partial charge on any atom is 0.156 e. The highest BCUT2D eigenvalue weighted by molar-refractivity contribution is 7.10. The number of nitrogens with zero attached hydrogens (tertiary/aromatic N) is 2. The van der Waals surface area contributed by atoms with Crippen LogP contribution in [0.3, 0.4) is 0 Å². The highest BCUT2D eigenvalue weighted by atomic mass is 35.5. The number of aliphatic hydroxyl groups is 1. The highest BCUT2D eigenvalue weighted by Gasteiger charge is 2.30. The molecule has 1 aromatic carbocycles. The van der Waals surface area contributed by atoms with Crippen LogP contribution in [0.25, 0.3) is 5.70 Å². The van der Waals surface area contributed by atoms with E-state index < -0.39 is 5.60 Å². The molecule has 0 radical (unpaired) electrons. The van der Waals surface area contributed by atoms with E-state index in [1.54, 1.807) is 11.3 Å². The molecule has 0 aliphatic carbocycles. The van der Waals surface area contributed by atoms with Crippen LogP contribution >= 0.6 is 22.9 Å². The van der Waals surface area contributed by atoms with E-state index in [0.29, 0.717) is 11.6 Å². The Labute approximate surface area is 151 Å². The van der Waals surface area contributed by atoms with Gasteiger partial charge in [0, 0.05) is 23.5 Å². The zero-order valence-electron chi connectivity index (χ0n) is 14.0. The molecule has 2 aromatic rings. The Bertz CT molecular complexity index is 771. The number of thiophene rings is 1. The minimum Gasteiger partial charge on any atom is -0.389 e. The molecule has 0 saturated heterocycles. The van der Waals surface area contributed by atoms with Gasteiger partial charge >= 0.3 is 0 Å². The van der Waals surface area contributed by atoms with Gasteiger partial charge in [0.2, 0.25) is 0 Å². The van der Waals surface area contributed by atoms with E-state index in [9.17, 15) is 5.11 Å². The number of halogens is 1. The molecule has 2 heterocycles. The van der Waals surface area contributed by atoms with Crippen molar-refractivity contribution in [1.29, 1.82) is 0 Å². The number of aliphatic imine (C=N–C) groups is 1. The molecule has 3 rings (SSSR count). The molecule has 1 atom stereocenters. The second-order valence-corrected chi connectivity index (χ2v) is 8.02. The van der Waals surface area contributed by atoms with E-state index in [-0.39, 0.29) is 6.17 Å². The molecule has 1 aliphatic heterocycles. The number of rotatable bonds is 4. The van der Waals surface area contributed by atoms with Crippen molar-refractivity contribution in [2.75, 3.05) is 6.54 Å². The topological polar surface area (TPSA) is 35.8 Å². The van der Waals surface area contributed by atoms with Crippen LogP contribution < -0.4 is 0 Å². The lowest BCUT2D eigenvalue weighted by molar-refractivity contribution is 0.0435. The lowest BCUT2D eigenvalue weighted by Crippen LogP contribution is -2.40. The van der Waals surface area contributed by atoms with Crippen molar-refractivity contribution in [2.24, 2.45) is 4.99 Å². The number of β-amino-alcohol motifs (C(OH)–C–C–N with tert-alkyl or cyclic N) is 1. The third-order valence-electron chi connectivity index (χ3n) is 3.90. The van der Waals surface area contributed by atoms with Crippen molar-refractivity contribution in [3.05, 3.63) is 62.8 Å². The second-order valence-electron chi connectivity index (χ2n) is 6.64. The summed E-state index contributed by atoms with van der Waals surface area (Å²) in [5, 5.41) is 13.2. The normalized spacial score (nSPS) is 18.0. The third-order valence-corrected chi connectivity index (χ3v) is 5.21. The number of hydrogen-bond donors (Lipinski definition) is 1. The van der Waals surface area contributed by atoms with Crippen LogP contribution in [0.5, 0.6) is 0 Å². The van der Waals surface area contributed by atoms with E-state index in [2.05, 4.69) is 28.3 Å². The average Bonchev–Trinajstić information content (AvgIpc) is 2.93. The highest BCUT2D eigenvalue weighted by Crippen LogP contribution is 2.38. The first-order valence-electron chi connectivity index (χ1n) is 7.87. The van der Waals surface area contributed by atoms with Gasteiger partial charge in [-0.2, -0.15) is 0 Å². The lowest BCUT2D eigenvalue weighted by atomic mass is 10.0. The zero-order chi connectivity index (χ0) is 17.3. The molecule has 1 aliphatic rings. The quantitative estimate of drug-likeness (QED) is 0.841. The van der Waals surface area contributed by atoms with Gasteiger partial charge in [0.25, 0.3) is 0 Å². The van der Waals surface area contributed by atoms with Gasteiger partial charge in [0.1, 0.15) is 0 Å². The summed E-state index contributed by atoms with van der Waals surface area (Å²) in [6, 6.07) is 9.89. The van der Waals surface area contributed by atoms with Gasteiger partial charge in [0.05, 0.1) is 10.5 Å². The predicted octanol–water partition coefficient (Wildman–Crippen LogP) is 4.91. The van der Waals surface area contributed by atoms with Crippen molar-refractivity contribution < 1.29 is 5.11 Å². The summed E-state index contributed by atoms with van der Waals surface area (Å²) in [6.45, 7) is 6.23. The summed E-state index contributed by atoms with van der Waals surface area (Å²) in [6.07, 6.45) is 3.73. The molecular formula is C19H21ClN2OS. The van der Waals surface area contributed by atoms with Gasteiger partial charge < -0.3 is 10.0 Å². The Morgan fingerprint density at radius 2 is 1.96 bits per heavy atom. The lowest BCUT2D eigenvalue weighted by Gasteiger charge is -2.38. The third kappa shape index (κ3) is 3.72. The van der Waals surface area contributed by atoms with Gasteiger partial charge in [-0.1, -0.05) is 23.7 Å². The molecule has 0 spiro atoms. The maximum absolute atomic E-state index is 10.4. The van der Waals surface area contributed by atoms with Gasteiger partial charge in [-0.15, -0.1) is 11.3 Å². The zero-order valence-corrected chi connectivity index (χ0v) is 15.6. The van der Waals surface area contributed by atoms with Crippen LogP contribution in [-0.2, 0) is 0 Å². The van der Waals surface area contributed by atoms with E-state index >= 15 is 0 Å². The molecule has 126 valence electrons. The first-order chi connectivity index (χ1) is 11.3. The summed E-state index contributed by atoms with van der Waals surface area (Å²) < 4.78 is 0. The van der Waals surface area contributed by atoms with Gasteiger partial charge in [-0.25, -0.2) is 0 Å². The van der Waals surface area contributed by atoms with Crippen LogP contribution in [0.1, 0.15) is 36.0 Å². The molecule has 5 heteroatoms. The van der Waals surface area contributed by atoms with Crippen LogP contribution in [-0.4, -0.2) is 28.4 Å². The van der Waals surface area contributed by atoms with Crippen LogP contribution in [0, 0.1) is 6.92 Å². The molecule has 0 saturated carbocycles. The fourth-order valence-electron chi connectivity index (χ4n) is 2.83. The summed E-state index contributed by atoms with van der Waals surface area (Å²) in [4.78, 5) is 8.06. The maximum atomic E-state index is 10.4. The van der Waals surface area contributed by atoms with Gasteiger partial charge in [-0.05, 0) is 61.6 Å². The Morgan fingerprint density at radius 3 is 2.54 bits per heavy atom. The molecule has 0 fully saturated rings. The summed E-state index contributed by atoms with van der Waals surface area (Å²) in [7, 11) is 0. The molecule has 3 nitrogen and oxygen atoms in total. The molecule has 0 bridgehead atoms. The van der Waals surface area contributed by atoms with E-state index in [1.165, 1.54) is 10.4 Å². The number of aryl methyl sites for hydroxylation is 1.